The molecular formula is C18H29IN4O2. The molecule has 3 atom stereocenters. The van der Waals surface area contributed by atoms with Crippen LogP contribution in [0.1, 0.15) is 27.2 Å². The Morgan fingerprint density at radius 3 is 3.04 bits per heavy atom. The average Bonchev–Trinajstić information content (AvgIpc) is 3.04. The number of nitrogens with one attached hydrogen (secondary N) is 2. The van der Waals surface area contributed by atoms with E-state index in [1.807, 2.05) is 12.1 Å². The Morgan fingerprint density at radius 2 is 2.32 bits per heavy atom. The van der Waals surface area contributed by atoms with E-state index < -0.39 is 0 Å². The van der Waals surface area contributed by atoms with Crippen LogP contribution in [0.5, 0.6) is 5.75 Å². The van der Waals surface area contributed by atoms with E-state index in [1.54, 1.807) is 12.4 Å². The summed E-state index contributed by atoms with van der Waals surface area (Å²) in [4.78, 5) is 8.67. The zero-order valence-corrected chi connectivity index (χ0v) is 17.5. The molecule has 2 N–H and O–H groups in total. The summed E-state index contributed by atoms with van der Waals surface area (Å²) in [6.07, 6.45) is 4.96. The normalized spacial score (nSPS) is 26.8. The van der Waals surface area contributed by atoms with Gasteiger partial charge in [0, 0.05) is 36.7 Å². The van der Waals surface area contributed by atoms with Gasteiger partial charge in [0.15, 0.2) is 5.96 Å². The molecule has 0 amide bonds. The fraction of sp³-hybridized carbons (Fsp3) is 0.667. The SMILES string of the molecule is CCNC(=NCCOc1cccnc1)NC1C2CCOC2C1(C)C.I. The molecule has 0 spiro atoms. The van der Waals surface area contributed by atoms with Gasteiger partial charge in [0.2, 0.25) is 0 Å². The summed E-state index contributed by atoms with van der Waals surface area (Å²) >= 11 is 0. The number of halogens is 1. The van der Waals surface area contributed by atoms with Crippen molar-refractivity contribution in [3.05, 3.63) is 24.5 Å². The molecule has 3 rings (SSSR count). The van der Waals surface area contributed by atoms with Crippen molar-refractivity contribution < 1.29 is 9.47 Å². The topological polar surface area (TPSA) is 67.8 Å². The summed E-state index contributed by atoms with van der Waals surface area (Å²) in [5.74, 6) is 2.22. The van der Waals surface area contributed by atoms with Crippen LogP contribution in [0.4, 0.5) is 0 Å². The van der Waals surface area contributed by atoms with Gasteiger partial charge in [-0.25, -0.2) is 4.99 Å². The Hall–Kier alpha value is -1.09. The highest BCUT2D eigenvalue weighted by Gasteiger charge is 2.59. The van der Waals surface area contributed by atoms with Crippen LogP contribution >= 0.6 is 24.0 Å². The summed E-state index contributed by atoms with van der Waals surface area (Å²) in [7, 11) is 0. The second kappa shape index (κ2) is 9.02. The van der Waals surface area contributed by atoms with Gasteiger partial charge in [0.25, 0.3) is 0 Å². The average molecular weight is 460 g/mol. The van der Waals surface area contributed by atoms with Crippen molar-refractivity contribution in [1.29, 1.82) is 0 Å². The molecule has 25 heavy (non-hydrogen) atoms. The first kappa shape index (κ1) is 20.2. The number of fused-ring (bicyclic) bond motifs is 1. The van der Waals surface area contributed by atoms with E-state index in [1.165, 1.54) is 0 Å². The van der Waals surface area contributed by atoms with Crippen molar-refractivity contribution in [2.75, 3.05) is 26.3 Å². The van der Waals surface area contributed by atoms with Crippen molar-refractivity contribution in [3.8, 4) is 5.75 Å². The zero-order chi connectivity index (χ0) is 17.0. The Morgan fingerprint density at radius 1 is 1.48 bits per heavy atom. The molecule has 1 saturated carbocycles. The van der Waals surface area contributed by atoms with Gasteiger partial charge in [0.1, 0.15) is 12.4 Å². The first-order chi connectivity index (χ1) is 11.6. The minimum atomic E-state index is 0. The Kier molecular flexibility index (Phi) is 7.30. The van der Waals surface area contributed by atoms with Gasteiger partial charge in [-0.1, -0.05) is 13.8 Å². The van der Waals surface area contributed by atoms with Crippen LogP contribution in [0.25, 0.3) is 0 Å². The molecule has 2 heterocycles. The third-order valence-corrected chi connectivity index (χ3v) is 5.00. The minimum Gasteiger partial charge on any atom is -0.490 e. The van der Waals surface area contributed by atoms with E-state index in [0.29, 0.717) is 31.2 Å². The molecule has 1 aromatic rings. The van der Waals surface area contributed by atoms with E-state index in [2.05, 4.69) is 41.4 Å². The zero-order valence-electron chi connectivity index (χ0n) is 15.2. The molecule has 140 valence electrons. The molecule has 2 aliphatic rings. The maximum atomic E-state index is 5.86. The first-order valence-electron chi connectivity index (χ1n) is 8.82. The summed E-state index contributed by atoms with van der Waals surface area (Å²) in [5.41, 5.74) is 0.142. The van der Waals surface area contributed by atoms with Gasteiger partial charge >= 0.3 is 0 Å². The summed E-state index contributed by atoms with van der Waals surface area (Å²) in [6, 6.07) is 4.17. The lowest BCUT2D eigenvalue weighted by molar-refractivity contribution is -0.106. The highest BCUT2D eigenvalue weighted by atomic mass is 127. The van der Waals surface area contributed by atoms with Crippen LogP contribution in [0.3, 0.4) is 0 Å². The van der Waals surface area contributed by atoms with E-state index >= 15 is 0 Å². The Bertz CT molecular complexity index is 567. The number of guanidine groups is 1. The van der Waals surface area contributed by atoms with Gasteiger partial charge in [0.05, 0.1) is 18.8 Å². The van der Waals surface area contributed by atoms with E-state index in [0.717, 1.165) is 31.3 Å². The second-order valence-corrected chi connectivity index (χ2v) is 6.99. The van der Waals surface area contributed by atoms with Crippen LogP contribution in [0, 0.1) is 11.3 Å². The first-order valence-corrected chi connectivity index (χ1v) is 8.82. The lowest BCUT2D eigenvalue weighted by Gasteiger charge is -2.54. The lowest BCUT2D eigenvalue weighted by atomic mass is 9.57. The van der Waals surface area contributed by atoms with Gasteiger partial charge < -0.3 is 20.1 Å². The van der Waals surface area contributed by atoms with Crippen LogP contribution in [-0.4, -0.2) is 49.4 Å². The highest BCUT2D eigenvalue weighted by Crippen LogP contribution is 2.52. The molecule has 0 aromatic carbocycles. The van der Waals surface area contributed by atoms with Gasteiger partial charge in [-0.15, -0.1) is 24.0 Å². The molecule has 0 radical (unpaired) electrons. The molecule has 1 aliphatic carbocycles. The lowest BCUT2D eigenvalue weighted by Crippen LogP contribution is -2.68. The van der Waals surface area contributed by atoms with Gasteiger partial charge in [-0.2, -0.15) is 0 Å². The molecular weight excluding hydrogens is 431 g/mol. The predicted molar refractivity (Wildman–Crippen MR) is 110 cm³/mol. The van der Waals surface area contributed by atoms with E-state index in [4.69, 9.17) is 9.47 Å². The van der Waals surface area contributed by atoms with Crippen molar-refractivity contribution in [2.45, 2.75) is 39.3 Å². The number of rotatable bonds is 6. The predicted octanol–water partition coefficient (Wildman–Crippen LogP) is 2.45. The number of pyridine rings is 1. The summed E-state index contributed by atoms with van der Waals surface area (Å²) in [5, 5.41) is 6.93. The Labute approximate surface area is 167 Å². The van der Waals surface area contributed by atoms with Crippen molar-refractivity contribution in [2.24, 2.45) is 16.3 Å². The smallest absolute Gasteiger partial charge is 0.191 e. The molecule has 0 bridgehead atoms. The molecule has 7 heteroatoms. The third-order valence-electron chi connectivity index (χ3n) is 5.00. The standard InChI is InChI=1S/C18H28N4O2.HI/c1-4-20-17(21-9-11-23-13-6-5-8-19-12-13)22-15-14-7-10-24-16(14)18(15,2)3;/h5-6,8,12,14-16H,4,7,9-11H2,1-3H3,(H2,20,21,22);1H. The van der Waals surface area contributed by atoms with Crippen molar-refractivity contribution in [3.63, 3.8) is 0 Å². The number of hydrogen-bond donors (Lipinski definition) is 2. The molecule has 1 aliphatic heterocycles. The third kappa shape index (κ3) is 4.55. The number of aromatic nitrogens is 1. The molecule has 1 saturated heterocycles. The maximum absolute atomic E-state index is 5.86. The minimum absolute atomic E-state index is 0. The van der Waals surface area contributed by atoms with E-state index in [9.17, 15) is 0 Å². The van der Waals surface area contributed by atoms with Gasteiger partial charge in [-0.3, -0.25) is 4.98 Å². The largest absolute Gasteiger partial charge is 0.490 e. The van der Waals surface area contributed by atoms with E-state index in [-0.39, 0.29) is 29.4 Å². The number of ether oxygens (including phenoxy) is 2. The fourth-order valence-corrected chi connectivity index (χ4v) is 3.84. The van der Waals surface area contributed by atoms with Crippen molar-refractivity contribution >= 4 is 29.9 Å². The fourth-order valence-electron chi connectivity index (χ4n) is 3.84. The van der Waals surface area contributed by atoms with Crippen LogP contribution < -0.4 is 15.4 Å². The monoisotopic (exact) mass is 460 g/mol. The number of hydrogen-bond acceptors (Lipinski definition) is 4. The maximum Gasteiger partial charge on any atom is 0.191 e. The van der Waals surface area contributed by atoms with Gasteiger partial charge in [-0.05, 0) is 25.5 Å². The quantitative estimate of drug-likeness (QED) is 0.296. The molecule has 1 aromatic heterocycles. The number of aliphatic imine (C=N–C) groups is 1. The van der Waals surface area contributed by atoms with Crippen LogP contribution in [-0.2, 0) is 4.74 Å². The highest BCUT2D eigenvalue weighted by molar-refractivity contribution is 14.0. The molecule has 6 nitrogen and oxygen atoms in total. The van der Waals surface area contributed by atoms with Crippen molar-refractivity contribution in [1.82, 2.24) is 15.6 Å². The Balaban J connectivity index is 0.00000225. The second-order valence-electron chi connectivity index (χ2n) is 6.99. The summed E-state index contributed by atoms with van der Waals surface area (Å²) in [6.45, 7) is 9.47. The molecule has 3 unspecified atom stereocenters. The number of nitrogens with zero attached hydrogens (tertiary/aromatic N) is 2. The summed E-state index contributed by atoms with van der Waals surface area (Å²) < 4.78 is 11.5. The molecule has 2 fully saturated rings. The van der Waals surface area contributed by atoms with Crippen LogP contribution in [0.15, 0.2) is 29.5 Å². The van der Waals surface area contributed by atoms with Crippen LogP contribution in [0.2, 0.25) is 0 Å².